The van der Waals surface area contributed by atoms with Gasteiger partial charge in [-0.1, -0.05) is 25.4 Å². The number of carbonyl (C=O) groups excluding carboxylic acids is 1. The molecule has 1 amide bonds. The summed E-state index contributed by atoms with van der Waals surface area (Å²) in [6.45, 7) is 9.32. The molecule has 0 saturated carbocycles. The number of aromatic amines is 2. The molecule has 3 aliphatic rings. The van der Waals surface area contributed by atoms with E-state index < -0.39 is 0 Å². The number of aromatic nitrogens is 4. The lowest BCUT2D eigenvalue weighted by Gasteiger charge is -2.44. The van der Waals surface area contributed by atoms with Crippen molar-refractivity contribution in [3.05, 3.63) is 34.0 Å². The summed E-state index contributed by atoms with van der Waals surface area (Å²) in [6, 6.07) is 4.11. The number of piperidine rings is 3. The summed E-state index contributed by atoms with van der Waals surface area (Å²) in [5, 5.41) is 11.3. The van der Waals surface area contributed by atoms with Gasteiger partial charge in [0.15, 0.2) is 5.82 Å². The van der Waals surface area contributed by atoms with Crippen molar-refractivity contribution in [3.8, 4) is 11.5 Å². The summed E-state index contributed by atoms with van der Waals surface area (Å²) in [5.74, 6) is 1.36. The Morgan fingerprint density at radius 1 is 1.30 bits per heavy atom. The largest absolute Gasteiger partial charge is 0.348 e. The second kappa shape index (κ2) is 7.39. The van der Waals surface area contributed by atoms with Crippen LogP contribution in [0.3, 0.4) is 0 Å². The molecule has 30 heavy (non-hydrogen) atoms. The Hall–Kier alpha value is -2.38. The van der Waals surface area contributed by atoms with Crippen LogP contribution in [0.2, 0.25) is 5.02 Å². The van der Waals surface area contributed by atoms with Crippen molar-refractivity contribution in [1.29, 1.82) is 0 Å². The minimum atomic E-state index is -0.0867. The van der Waals surface area contributed by atoms with E-state index in [0.717, 1.165) is 54.8 Å². The Balaban J connectivity index is 1.47. The van der Waals surface area contributed by atoms with Crippen LogP contribution in [0.25, 0.3) is 22.6 Å². The van der Waals surface area contributed by atoms with Gasteiger partial charge in [-0.15, -0.1) is 0 Å². The summed E-state index contributed by atoms with van der Waals surface area (Å²) >= 11 is 6.43. The van der Waals surface area contributed by atoms with Gasteiger partial charge >= 0.3 is 0 Å². The van der Waals surface area contributed by atoms with Crippen LogP contribution in [0.1, 0.15) is 54.2 Å². The van der Waals surface area contributed by atoms with Crippen molar-refractivity contribution in [3.63, 3.8) is 0 Å². The van der Waals surface area contributed by atoms with Crippen LogP contribution in [0.15, 0.2) is 12.1 Å². The fraction of sp³-hybridized carbons (Fsp3) is 0.500. The molecule has 3 aliphatic heterocycles. The van der Waals surface area contributed by atoms with Crippen molar-refractivity contribution in [2.24, 2.45) is 5.92 Å². The third kappa shape index (κ3) is 3.30. The van der Waals surface area contributed by atoms with Crippen molar-refractivity contribution < 1.29 is 4.79 Å². The second-order valence-electron chi connectivity index (χ2n) is 8.92. The zero-order valence-electron chi connectivity index (χ0n) is 17.6. The number of fused-ring (bicyclic) bond motifs is 4. The first-order valence-electron chi connectivity index (χ1n) is 10.7. The van der Waals surface area contributed by atoms with Crippen LogP contribution in [-0.4, -0.2) is 56.6 Å². The van der Waals surface area contributed by atoms with Gasteiger partial charge in [0, 0.05) is 23.3 Å². The molecule has 0 aliphatic carbocycles. The molecule has 0 spiro atoms. The van der Waals surface area contributed by atoms with Crippen LogP contribution in [0, 0.1) is 12.8 Å². The number of carbonyl (C=O) groups is 1. The average molecular weight is 427 g/mol. The molecular weight excluding hydrogens is 400 g/mol. The van der Waals surface area contributed by atoms with Crippen LogP contribution in [-0.2, 0) is 0 Å². The molecule has 6 rings (SSSR count). The van der Waals surface area contributed by atoms with E-state index in [2.05, 4.69) is 44.2 Å². The van der Waals surface area contributed by atoms with Gasteiger partial charge in [-0.2, -0.15) is 5.10 Å². The number of nitrogens with zero attached hydrogens (tertiary/aromatic N) is 3. The van der Waals surface area contributed by atoms with Crippen LogP contribution in [0.5, 0.6) is 0 Å². The Kier molecular flexibility index (Phi) is 4.82. The van der Waals surface area contributed by atoms with E-state index in [0.29, 0.717) is 33.9 Å². The molecule has 0 radical (unpaired) electrons. The molecular formula is C22H27ClN6O. The second-order valence-corrected chi connectivity index (χ2v) is 9.33. The summed E-state index contributed by atoms with van der Waals surface area (Å²) in [6.07, 6.45) is 2.31. The number of hydrogen-bond donors (Lipinski definition) is 3. The van der Waals surface area contributed by atoms with Gasteiger partial charge in [0.05, 0.1) is 16.6 Å². The highest BCUT2D eigenvalue weighted by atomic mass is 35.5. The smallest absolute Gasteiger partial charge is 0.255 e. The summed E-state index contributed by atoms with van der Waals surface area (Å²) in [5.41, 5.74) is 4.57. The molecule has 1 aromatic carbocycles. The van der Waals surface area contributed by atoms with E-state index in [1.54, 1.807) is 0 Å². The van der Waals surface area contributed by atoms with Crippen molar-refractivity contribution in [2.45, 2.75) is 45.6 Å². The number of nitrogens with one attached hydrogen (secondary N) is 3. The molecule has 3 fully saturated rings. The molecule has 7 nitrogen and oxygen atoms in total. The van der Waals surface area contributed by atoms with E-state index in [9.17, 15) is 4.79 Å². The molecule has 158 valence electrons. The molecule has 3 aromatic rings. The third-order valence-corrected chi connectivity index (χ3v) is 6.92. The highest BCUT2D eigenvalue weighted by Gasteiger charge is 2.36. The minimum Gasteiger partial charge on any atom is -0.348 e. The third-order valence-electron chi connectivity index (χ3n) is 6.59. The standard InChI is InChI=1S/C22H27ClN6O/c1-11(2)14-8-16-17(9-15(14)23)25-21(24-16)20-19(12(3)27-28-20)22(30)26-18-10-29-6-4-13(18)5-7-29/h8-9,11,13,18H,4-7,10H2,1-3H3,(H,24,25)(H,26,30)(H,27,28). The van der Waals surface area contributed by atoms with Crippen molar-refractivity contribution in [2.75, 3.05) is 19.6 Å². The maximum Gasteiger partial charge on any atom is 0.255 e. The van der Waals surface area contributed by atoms with E-state index in [1.165, 1.54) is 0 Å². The number of amides is 1. The maximum absolute atomic E-state index is 13.2. The molecule has 8 heteroatoms. The first-order valence-corrected chi connectivity index (χ1v) is 11.1. The lowest BCUT2D eigenvalue weighted by Crippen LogP contribution is -2.57. The maximum atomic E-state index is 13.2. The highest BCUT2D eigenvalue weighted by molar-refractivity contribution is 6.32. The van der Waals surface area contributed by atoms with Gasteiger partial charge in [-0.3, -0.25) is 9.89 Å². The number of halogens is 1. The minimum absolute atomic E-state index is 0.0867. The number of aryl methyl sites for hydroxylation is 1. The first kappa shape index (κ1) is 19.6. The molecule has 5 heterocycles. The summed E-state index contributed by atoms with van der Waals surface area (Å²) in [4.78, 5) is 23.7. The zero-order valence-corrected chi connectivity index (χ0v) is 18.3. The molecule has 2 aromatic heterocycles. The van der Waals surface area contributed by atoms with Gasteiger partial charge in [0.1, 0.15) is 5.69 Å². The highest BCUT2D eigenvalue weighted by Crippen LogP contribution is 2.32. The van der Waals surface area contributed by atoms with Gasteiger partial charge in [-0.05, 0) is 62.4 Å². The lowest BCUT2D eigenvalue weighted by atomic mass is 9.84. The molecule has 3 saturated heterocycles. The number of hydrogen-bond acceptors (Lipinski definition) is 4. The lowest BCUT2D eigenvalue weighted by molar-refractivity contribution is 0.0620. The van der Waals surface area contributed by atoms with E-state index in [1.807, 2.05) is 19.1 Å². The van der Waals surface area contributed by atoms with Gasteiger partial charge in [0.2, 0.25) is 0 Å². The fourth-order valence-corrected chi connectivity index (χ4v) is 5.23. The fourth-order valence-electron chi connectivity index (χ4n) is 4.85. The monoisotopic (exact) mass is 426 g/mol. The predicted octanol–water partition coefficient (Wildman–Crippen LogP) is 3.86. The van der Waals surface area contributed by atoms with Crippen molar-refractivity contribution >= 4 is 28.5 Å². The number of benzene rings is 1. The van der Waals surface area contributed by atoms with Crippen molar-refractivity contribution in [1.82, 2.24) is 30.4 Å². The van der Waals surface area contributed by atoms with Gasteiger partial charge in [0.25, 0.3) is 5.91 Å². The number of imidazole rings is 1. The average Bonchev–Trinajstić information content (AvgIpc) is 3.30. The normalized spacial score (nSPS) is 23.4. The Morgan fingerprint density at radius 3 is 2.73 bits per heavy atom. The molecule has 2 bridgehead atoms. The SMILES string of the molecule is Cc1[nH]nc(-c2nc3cc(Cl)c(C(C)C)cc3[nH]2)c1C(=O)NC1CN2CCC1CC2. The number of H-pyrrole nitrogens is 2. The van der Waals surface area contributed by atoms with Crippen LogP contribution >= 0.6 is 11.6 Å². The quantitative estimate of drug-likeness (QED) is 0.590. The predicted molar refractivity (Wildman–Crippen MR) is 118 cm³/mol. The van der Waals surface area contributed by atoms with E-state index >= 15 is 0 Å². The molecule has 3 N–H and O–H groups in total. The topological polar surface area (TPSA) is 89.7 Å². The van der Waals surface area contributed by atoms with Gasteiger partial charge < -0.3 is 15.2 Å². The first-order chi connectivity index (χ1) is 14.4. The Labute approximate surface area is 180 Å². The van der Waals surface area contributed by atoms with E-state index in [4.69, 9.17) is 11.6 Å². The van der Waals surface area contributed by atoms with Crippen LogP contribution in [0.4, 0.5) is 0 Å². The summed E-state index contributed by atoms with van der Waals surface area (Å²) in [7, 11) is 0. The number of rotatable bonds is 4. The molecule has 1 unspecified atom stereocenters. The molecule has 1 atom stereocenters. The van der Waals surface area contributed by atoms with E-state index in [-0.39, 0.29) is 11.9 Å². The van der Waals surface area contributed by atoms with Gasteiger partial charge in [-0.25, -0.2) is 4.98 Å². The Morgan fingerprint density at radius 2 is 2.07 bits per heavy atom. The summed E-state index contributed by atoms with van der Waals surface area (Å²) < 4.78 is 0. The Bertz CT molecular complexity index is 1110. The van der Waals surface area contributed by atoms with Crippen LogP contribution < -0.4 is 5.32 Å². The zero-order chi connectivity index (χ0) is 21.0.